The summed E-state index contributed by atoms with van der Waals surface area (Å²) >= 11 is 0. The second kappa shape index (κ2) is 4.59. The highest BCUT2D eigenvalue weighted by atomic mass is 16.6. The van der Waals surface area contributed by atoms with Gasteiger partial charge in [0.1, 0.15) is 0 Å². The van der Waals surface area contributed by atoms with E-state index < -0.39 is 6.29 Å². The quantitative estimate of drug-likeness (QED) is 0.402. The van der Waals surface area contributed by atoms with Crippen LogP contribution in [0, 0.1) is 0 Å². The van der Waals surface area contributed by atoms with Crippen LogP contribution in [0.25, 0.3) is 0 Å². The van der Waals surface area contributed by atoms with Crippen molar-refractivity contribution in [2.75, 3.05) is 0 Å². The Labute approximate surface area is 48.3 Å². The van der Waals surface area contributed by atoms with E-state index in [0.29, 0.717) is 6.42 Å². The minimum Gasteiger partial charge on any atom is -0.435 e. The molecule has 0 amide bonds. The Morgan fingerprint density at radius 2 is 2.38 bits per heavy atom. The molecule has 0 rings (SSSR count). The molecule has 0 N–H and O–H groups in total. The lowest BCUT2D eigenvalue weighted by Crippen LogP contribution is -2.07. The third kappa shape index (κ3) is 3.61. The van der Waals surface area contributed by atoms with E-state index >= 15 is 0 Å². The molecular weight excluding hydrogens is 108 g/mol. The fraction of sp³-hybridized carbons (Fsp3) is 0.800. The summed E-state index contributed by atoms with van der Waals surface area (Å²) in [6.45, 7) is 2.05. The van der Waals surface area contributed by atoms with Crippen LogP contribution in [0.2, 0.25) is 0 Å². The molecule has 0 heterocycles. The van der Waals surface area contributed by atoms with Crippen LogP contribution < -0.4 is 0 Å². The topological polar surface area (TPSA) is 46.2 Å². The summed E-state index contributed by atoms with van der Waals surface area (Å²) in [7, 11) is 0. The second-order valence-electron chi connectivity index (χ2n) is 1.45. The molecule has 0 spiro atoms. The SMILES string of the molecule is CCCC([O])OC=O. The van der Waals surface area contributed by atoms with E-state index in [-0.39, 0.29) is 6.47 Å². The molecule has 0 aliphatic carbocycles. The first-order valence-corrected chi connectivity index (χ1v) is 2.56. The molecule has 0 aliphatic heterocycles. The molecule has 3 nitrogen and oxygen atoms in total. The Kier molecular flexibility index (Phi) is 4.26. The van der Waals surface area contributed by atoms with Crippen LogP contribution in [0.4, 0.5) is 0 Å². The highest BCUT2D eigenvalue weighted by molar-refractivity contribution is 5.37. The fourth-order valence-corrected chi connectivity index (χ4v) is 0.366. The zero-order valence-electron chi connectivity index (χ0n) is 4.79. The van der Waals surface area contributed by atoms with Crippen molar-refractivity contribution >= 4 is 6.47 Å². The molecular formula is C5H9O3. The summed E-state index contributed by atoms with van der Waals surface area (Å²) in [6, 6.07) is 0. The van der Waals surface area contributed by atoms with Gasteiger partial charge in [-0.1, -0.05) is 13.3 Å². The van der Waals surface area contributed by atoms with Gasteiger partial charge in [0.05, 0.1) is 0 Å². The minimum absolute atomic E-state index is 0.188. The predicted octanol–water partition coefficient (Wildman–Crippen LogP) is 0.716. The Morgan fingerprint density at radius 3 is 2.75 bits per heavy atom. The molecule has 1 atom stereocenters. The van der Waals surface area contributed by atoms with Crippen molar-refractivity contribution in [3.05, 3.63) is 0 Å². The van der Waals surface area contributed by atoms with Crippen LogP contribution in [0.3, 0.4) is 0 Å². The molecule has 0 aromatic heterocycles. The lowest BCUT2D eigenvalue weighted by Gasteiger charge is -2.00. The summed E-state index contributed by atoms with van der Waals surface area (Å²) in [5.41, 5.74) is 0. The van der Waals surface area contributed by atoms with Crippen molar-refractivity contribution in [3.8, 4) is 0 Å². The van der Waals surface area contributed by atoms with Gasteiger partial charge in [-0.3, -0.25) is 4.79 Å². The smallest absolute Gasteiger partial charge is 0.295 e. The molecule has 3 heteroatoms. The number of carbonyl (C=O) groups is 1. The lowest BCUT2D eigenvalue weighted by atomic mass is 10.3. The van der Waals surface area contributed by atoms with Gasteiger partial charge in [0.2, 0.25) is 6.29 Å². The first kappa shape index (κ1) is 7.43. The maximum absolute atomic E-state index is 10.3. The van der Waals surface area contributed by atoms with Crippen LogP contribution in [-0.2, 0) is 14.6 Å². The van der Waals surface area contributed by atoms with Crippen molar-refractivity contribution in [2.45, 2.75) is 26.1 Å². The molecule has 0 aliphatic rings. The van der Waals surface area contributed by atoms with Crippen LogP contribution in [0.5, 0.6) is 0 Å². The maximum Gasteiger partial charge on any atom is 0.295 e. The lowest BCUT2D eigenvalue weighted by molar-refractivity contribution is -0.164. The summed E-state index contributed by atoms with van der Waals surface area (Å²) < 4.78 is 4.05. The monoisotopic (exact) mass is 117 g/mol. The van der Waals surface area contributed by atoms with Gasteiger partial charge in [-0.05, 0) is 0 Å². The van der Waals surface area contributed by atoms with E-state index in [1.807, 2.05) is 6.92 Å². The molecule has 0 bridgehead atoms. The molecule has 0 fully saturated rings. The van der Waals surface area contributed by atoms with Crippen LogP contribution in [-0.4, -0.2) is 12.8 Å². The van der Waals surface area contributed by atoms with E-state index in [9.17, 15) is 9.90 Å². The number of hydrogen-bond donors (Lipinski definition) is 0. The largest absolute Gasteiger partial charge is 0.435 e. The Bertz CT molecular complexity index is 62.7. The average Bonchev–Trinajstić information content (AvgIpc) is 1.68. The molecule has 1 radical (unpaired) electrons. The number of rotatable bonds is 4. The number of ether oxygens (including phenoxy) is 1. The zero-order valence-corrected chi connectivity index (χ0v) is 4.79. The summed E-state index contributed by atoms with van der Waals surface area (Å²) in [5.74, 6) is 0. The zero-order chi connectivity index (χ0) is 6.41. The van der Waals surface area contributed by atoms with Crippen LogP contribution in [0.1, 0.15) is 19.8 Å². The van der Waals surface area contributed by atoms with E-state index in [1.165, 1.54) is 0 Å². The van der Waals surface area contributed by atoms with E-state index in [1.54, 1.807) is 0 Å². The third-order valence-corrected chi connectivity index (χ3v) is 0.732. The molecule has 0 aromatic carbocycles. The Balaban J connectivity index is 3.03. The van der Waals surface area contributed by atoms with Gasteiger partial charge >= 0.3 is 0 Å². The third-order valence-electron chi connectivity index (χ3n) is 0.732. The molecule has 0 saturated heterocycles. The minimum atomic E-state index is -1.16. The Hall–Kier alpha value is -0.570. The van der Waals surface area contributed by atoms with Crippen molar-refractivity contribution < 1.29 is 14.6 Å². The van der Waals surface area contributed by atoms with Crippen molar-refractivity contribution in [2.24, 2.45) is 0 Å². The van der Waals surface area contributed by atoms with Crippen LogP contribution in [0.15, 0.2) is 0 Å². The van der Waals surface area contributed by atoms with E-state index in [4.69, 9.17) is 0 Å². The van der Waals surface area contributed by atoms with Gasteiger partial charge in [0.15, 0.2) is 0 Å². The van der Waals surface area contributed by atoms with Crippen molar-refractivity contribution in [1.29, 1.82) is 0 Å². The van der Waals surface area contributed by atoms with Gasteiger partial charge in [-0.25, -0.2) is 0 Å². The number of carbonyl (C=O) groups excluding carboxylic acids is 1. The fourth-order valence-electron chi connectivity index (χ4n) is 0.366. The second-order valence-corrected chi connectivity index (χ2v) is 1.45. The highest BCUT2D eigenvalue weighted by Gasteiger charge is 2.00. The van der Waals surface area contributed by atoms with Crippen molar-refractivity contribution in [3.63, 3.8) is 0 Å². The van der Waals surface area contributed by atoms with Crippen molar-refractivity contribution in [1.82, 2.24) is 0 Å². The first-order valence-electron chi connectivity index (χ1n) is 2.56. The molecule has 0 saturated carbocycles. The highest BCUT2D eigenvalue weighted by Crippen LogP contribution is 1.95. The van der Waals surface area contributed by atoms with E-state index in [2.05, 4.69) is 4.74 Å². The molecule has 8 heavy (non-hydrogen) atoms. The standard InChI is InChI=1S/C5H9O3/c1-2-3-5(7)8-4-6/h4-5H,2-3H2,1H3. The average molecular weight is 117 g/mol. The summed E-state index contributed by atoms with van der Waals surface area (Å²) in [5, 5.41) is 10.3. The van der Waals surface area contributed by atoms with Gasteiger partial charge in [0.25, 0.3) is 6.47 Å². The maximum atomic E-state index is 10.3. The normalized spacial score (nSPS) is 12.8. The summed E-state index contributed by atoms with van der Waals surface area (Å²) in [4.78, 5) is 9.47. The van der Waals surface area contributed by atoms with Gasteiger partial charge in [0, 0.05) is 6.42 Å². The van der Waals surface area contributed by atoms with Gasteiger partial charge in [-0.2, -0.15) is 5.11 Å². The Morgan fingerprint density at radius 1 is 1.75 bits per heavy atom. The predicted molar refractivity (Wildman–Crippen MR) is 26.5 cm³/mol. The van der Waals surface area contributed by atoms with Gasteiger partial charge < -0.3 is 4.74 Å². The summed E-state index contributed by atoms with van der Waals surface area (Å²) in [6.07, 6.45) is -0.00157. The molecule has 1 unspecified atom stereocenters. The molecule has 47 valence electrons. The molecule has 0 aromatic rings. The first-order chi connectivity index (χ1) is 3.81. The van der Waals surface area contributed by atoms with E-state index in [0.717, 1.165) is 6.42 Å². The van der Waals surface area contributed by atoms with Gasteiger partial charge in [-0.15, -0.1) is 0 Å². The number of hydrogen-bond acceptors (Lipinski definition) is 2. The van der Waals surface area contributed by atoms with Crippen LogP contribution >= 0.6 is 0 Å².